The van der Waals surface area contributed by atoms with Crippen molar-refractivity contribution in [2.45, 2.75) is 6.04 Å². The Morgan fingerprint density at radius 1 is 1.21 bits per heavy atom. The van der Waals surface area contributed by atoms with Crippen molar-refractivity contribution < 1.29 is 4.39 Å². The fraction of sp³-hybridized carbons (Fsp3) is 0.143. The number of hydrogen-bond donors (Lipinski definition) is 2. The molecule has 3 N–H and O–H groups in total. The summed E-state index contributed by atoms with van der Waals surface area (Å²) in [5, 5.41) is 3.63. The summed E-state index contributed by atoms with van der Waals surface area (Å²) in [6.07, 6.45) is 0. The minimum Gasteiger partial charge on any atom is -0.376 e. The summed E-state index contributed by atoms with van der Waals surface area (Å²) in [5.41, 5.74) is 7.33. The van der Waals surface area contributed by atoms with E-state index >= 15 is 0 Å². The van der Waals surface area contributed by atoms with Gasteiger partial charge in [-0.1, -0.05) is 39.7 Å². The lowest BCUT2D eigenvalue weighted by Crippen LogP contribution is -2.20. The number of anilines is 1. The fourth-order valence-electron chi connectivity index (χ4n) is 1.77. The highest BCUT2D eigenvalue weighted by Crippen LogP contribution is 2.27. The Balaban J connectivity index is 2.23. The topological polar surface area (TPSA) is 38.0 Å². The van der Waals surface area contributed by atoms with E-state index in [1.54, 1.807) is 0 Å². The molecule has 0 spiro atoms. The Morgan fingerprint density at radius 3 is 2.53 bits per heavy atom. The zero-order valence-electron chi connectivity index (χ0n) is 10.0. The van der Waals surface area contributed by atoms with Crippen LogP contribution in [-0.2, 0) is 0 Å². The molecule has 2 nitrogen and oxygen atoms in total. The molecule has 0 bridgehead atoms. The van der Waals surface area contributed by atoms with Gasteiger partial charge in [0.25, 0.3) is 0 Å². The van der Waals surface area contributed by atoms with Crippen LogP contribution in [0.2, 0.25) is 5.02 Å². The highest BCUT2D eigenvalue weighted by Gasteiger charge is 2.11. The van der Waals surface area contributed by atoms with Crippen molar-refractivity contribution in [2.75, 3.05) is 11.9 Å². The maximum atomic E-state index is 13.2. The lowest BCUT2D eigenvalue weighted by Gasteiger charge is -2.19. The van der Waals surface area contributed by atoms with Gasteiger partial charge in [0.2, 0.25) is 0 Å². The van der Waals surface area contributed by atoms with Gasteiger partial charge in [-0.2, -0.15) is 0 Å². The summed E-state index contributed by atoms with van der Waals surface area (Å²) in [4.78, 5) is 0. The van der Waals surface area contributed by atoms with Gasteiger partial charge in [-0.05, 0) is 35.9 Å². The molecular weight excluding hydrogens is 331 g/mol. The maximum Gasteiger partial charge on any atom is 0.125 e. The first-order valence-corrected chi connectivity index (χ1v) is 6.94. The van der Waals surface area contributed by atoms with Crippen LogP contribution in [0.15, 0.2) is 46.9 Å². The van der Waals surface area contributed by atoms with E-state index in [-0.39, 0.29) is 11.9 Å². The lowest BCUT2D eigenvalue weighted by molar-refractivity contribution is 0.627. The van der Waals surface area contributed by atoms with Crippen LogP contribution in [0.3, 0.4) is 0 Å². The van der Waals surface area contributed by atoms with Gasteiger partial charge in [-0.3, -0.25) is 0 Å². The van der Waals surface area contributed by atoms with Crippen LogP contribution in [0.4, 0.5) is 10.1 Å². The first-order chi connectivity index (χ1) is 9.10. The molecule has 0 aliphatic rings. The Bertz CT molecular complexity index is 560. The summed E-state index contributed by atoms with van der Waals surface area (Å²) in [6, 6.07) is 11.9. The molecular formula is C14H13BrClFN2. The number of halogens is 3. The molecule has 2 aromatic rings. The number of benzene rings is 2. The molecule has 0 heterocycles. The minimum atomic E-state index is -0.335. The molecule has 0 amide bonds. The van der Waals surface area contributed by atoms with Gasteiger partial charge >= 0.3 is 0 Å². The van der Waals surface area contributed by atoms with Gasteiger partial charge in [-0.15, -0.1) is 0 Å². The molecule has 0 aliphatic carbocycles. The molecule has 1 unspecified atom stereocenters. The molecule has 100 valence electrons. The largest absolute Gasteiger partial charge is 0.376 e. The quantitative estimate of drug-likeness (QED) is 0.866. The average Bonchev–Trinajstić information content (AvgIpc) is 2.41. The van der Waals surface area contributed by atoms with E-state index in [0.717, 1.165) is 10.0 Å². The third-order valence-electron chi connectivity index (χ3n) is 2.77. The number of nitrogens with two attached hydrogens (primary N) is 1. The van der Waals surface area contributed by atoms with Gasteiger partial charge in [0.15, 0.2) is 0 Å². The van der Waals surface area contributed by atoms with Gasteiger partial charge < -0.3 is 11.1 Å². The molecule has 0 saturated carbocycles. The zero-order valence-corrected chi connectivity index (χ0v) is 12.4. The monoisotopic (exact) mass is 342 g/mol. The van der Waals surface area contributed by atoms with E-state index in [4.69, 9.17) is 17.3 Å². The van der Waals surface area contributed by atoms with Crippen molar-refractivity contribution in [1.29, 1.82) is 0 Å². The van der Waals surface area contributed by atoms with Crippen LogP contribution in [0.1, 0.15) is 11.6 Å². The van der Waals surface area contributed by atoms with Gasteiger partial charge in [0.1, 0.15) is 5.82 Å². The molecule has 19 heavy (non-hydrogen) atoms. The molecule has 0 radical (unpaired) electrons. The molecule has 2 rings (SSSR count). The Kier molecular flexibility index (Phi) is 4.80. The number of nitrogens with one attached hydrogen (secondary N) is 1. The summed E-state index contributed by atoms with van der Waals surface area (Å²) < 4.78 is 14.2. The van der Waals surface area contributed by atoms with E-state index < -0.39 is 0 Å². The highest BCUT2D eigenvalue weighted by atomic mass is 79.9. The van der Waals surface area contributed by atoms with E-state index in [0.29, 0.717) is 17.3 Å². The molecule has 2 aromatic carbocycles. The molecule has 0 saturated heterocycles. The van der Waals surface area contributed by atoms with Crippen molar-refractivity contribution in [1.82, 2.24) is 0 Å². The van der Waals surface area contributed by atoms with Crippen LogP contribution < -0.4 is 11.1 Å². The molecule has 0 aromatic heterocycles. The van der Waals surface area contributed by atoms with Crippen LogP contribution in [0.25, 0.3) is 0 Å². The van der Waals surface area contributed by atoms with Crippen LogP contribution in [0.5, 0.6) is 0 Å². The van der Waals surface area contributed by atoms with Gasteiger partial charge in [0, 0.05) is 11.0 Å². The normalized spacial score (nSPS) is 12.2. The second-order valence-corrected chi connectivity index (χ2v) is 5.43. The smallest absolute Gasteiger partial charge is 0.125 e. The second-order valence-electron chi connectivity index (χ2n) is 4.11. The molecule has 0 fully saturated rings. The lowest BCUT2D eigenvalue weighted by atomic mass is 10.1. The van der Waals surface area contributed by atoms with Crippen molar-refractivity contribution in [3.63, 3.8) is 0 Å². The number of hydrogen-bond acceptors (Lipinski definition) is 2. The summed E-state index contributed by atoms with van der Waals surface area (Å²) in [6.45, 7) is 0.383. The SMILES string of the molecule is NCC(Nc1cc(F)ccc1Cl)c1ccc(Br)cc1. The third-order valence-corrected chi connectivity index (χ3v) is 3.62. The van der Waals surface area contributed by atoms with E-state index in [2.05, 4.69) is 21.2 Å². The molecule has 5 heteroatoms. The maximum absolute atomic E-state index is 13.2. The van der Waals surface area contributed by atoms with Gasteiger partial charge in [0.05, 0.1) is 16.8 Å². The molecule has 1 atom stereocenters. The van der Waals surface area contributed by atoms with Crippen molar-refractivity contribution in [2.24, 2.45) is 5.73 Å². The average molecular weight is 344 g/mol. The van der Waals surface area contributed by atoms with Crippen molar-refractivity contribution in [3.05, 3.63) is 63.3 Å². The van der Waals surface area contributed by atoms with Crippen molar-refractivity contribution >= 4 is 33.2 Å². The van der Waals surface area contributed by atoms with Crippen LogP contribution in [-0.4, -0.2) is 6.54 Å². The van der Waals surface area contributed by atoms with E-state index in [9.17, 15) is 4.39 Å². The van der Waals surface area contributed by atoms with E-state index in [1.807, 2.05) is 24.3 Å². The summed E-state index contributed by atoms with van der Waals surface area (Å²) >= 11 is 9.41. The number of rotatable bonds is 4. The first kappa shape index (κ1) is 14.3. The fourth-order valence-corrected chi connectivity index (χ4v) is 2.21. The summed E-state index contributed by atoms with van der Waals surface area (Å²) in [7, 11) is 0. The molecule has 0 aliphatic heterocycles. The Labute approximate surface area is 124 Å². The third kappa shape index (κ3) is 3.69. The predicted molar refractivity (Wildman–Crippen MR) is 81.0 cm³/mol. The summed E-state index contributed by atoms with van der Waals surface area (Å²) in [5.74, 6) is -0.335. The second kappa shape index (κ2) is 6.37. The van der Waals surface area contributed by atoms with E-state index in [1.165, 1.54) is 18.2 Å². The Hall–Kier alpha value is -1.10. The zero-order chi connectivity index (χ0) is 13.8. The van der Waals surface area contributed by atoms with Crippen LogP contribution in [0, 0.1) is 5.82 Å². The Morgan fingerprint density at radius 2 is 1.89 bits per heavy atom. The van der Waals surface area contributed by atoms with Gasteiger partial charge in [-0.25, -0.2) is 4.39 Å². The standard InChI is InChI=1S/C14H13BrClFN2/c15-10-3-1-9(2-4-10)14(8-18)19-13-7-11(17)5-6-12(13)16/h1-7,14,19H,8,18H2. The highest BCUT2D eigenvalue weighted by molar-refractivity contribution is 9.10. The predicted octanol–water partition coefficient (Wildman–Crippen LogP) is 4.35. The van der Waals surface area contributed by atoms with Crippen LogP contribution >= 0.6 is 27.5 Å². The van der Waals surface area contributed by atoms with Crippen molar-refractivity contribution in [3.8, 4) is 0 Å². The first-order valence-electron chi connectivity index (χ1n) is 5.77. The minimum absolute atomic E-state index is 0.118.